The molecule has 0 aromatic rings. The summed E-state index contributed by atoms with van der Waals surface area (Å²) in [6.07, 6.45) is 9.37. The van der Waals surface area contributed by atoms with Gasteiger partial charge >= 0.3 is 0 Å². The molecule has 1 heterocycles. The molecular formula is C13H25NO. The molecule has 2 nitrogen and oxygen atoms in total. The Morgan fingerprint density at radius 2 is 2.00 bits per heavy atom. The van der Waals surface area contributed by atoms with Gasteiger partial charge in [0.05, 0.1) is 6.61 Å². The first-order valence-electron chi connectivity index (χ1n) is 6.68. The summed E-state index contributed by atoms with van der Waals surface area (Å²) in [4.78, 5) is 2.61. The third kappa shape index (κ3) is 2.73. The zero-order valence-corrected chi connectivity index (χ0v) is 9.99. The van der Waals surface area contributed by atoms with Crippen LogP contribution in [-0.2, 0) is 0 Å². The average molecular weight is 211 g/mol. The van der Waals surface area contributed by atoms with Gasteiger partial charge in [0.1, 0.15) is 0 Å². The topological polar surface area (TPSA) is 23.5 Å². The maximum Gasteiger partial charge on any atom is 0.0586 e. The first kappa shape index (κ1) is 11.4. The van der Waals surface area contributed by atoms with E-state index >= 15 is 0 Å². The van der Waals surface area contributed by atoms with E-state index in [1.165, 1.54) is 51.5 Å². The fraction of sp³-hybridized carbons (Fsp3) is 1.00. The standard InChI is InChI=1S/C13H25NO/c1-11-5-4-7-12(9-11)14-8-3-2-6-13(14)10-15/h11-13,15H,2-10H2,1H3. The number of hydrogen-bond donors (Lipinski definition) is 1. The van der Waals surface area contributed by atoms with Crippen molar-refractivity contribution in [2.75, 3.05) is 13.2 Å². The van der Waals surface area contributed by atoms with E-state index in [0.717, 1.165) is 12.0 Å². The van der Waals surface area contributed by atoms with E-state index in [2.05, 4.69) is 11.8 Å². The number of piperidine rings is 1. The van der Waals surface area contributed by atoms with E-state index < -0.39 is 0 Å². The number of nitrogens with zero attached hydrogens (tertiary/aromatic N) is 1. The third-order valence-corrected chi connectivity index (χ3v) is 4.26. The average Bonchev–Trinajstić information content (AvgIpc) is 2.29. The number of aliphatic hydroxyl groups excluding tert-OH is 1. The fourth-order valence-electron chi connectivity index (χ4n) is 3.40. The van der Waals surface area contributed by atoms with Crippen LogP contribution in [-0.4, -0.2) is 35.2 Å². The Morgan fingerprint density at radius 1 is 1.13 bits per heavy atom. The number of likely N-dealkylation sites (tertiary alicyclic amines) is 1. The number of hydrogen-bond acceptors (Lipinski definition) is 2. The lowest BCUT2D eigenvalue weighted by Crippen LogP contribution is -2.49. The van der Waals surface area contributed by atoms with Crippen molar-refractivity contribution in [2.24, 2.45) is 5.92 Å². The molecule has 1 N–H and O–H groups in total. The van der Waals surface area contributed by atoms with Crippen LogP contribution in [0.1, 0.15) is 51.9 Å². The Balaban J connectivity index is 1.94. The van der Waals surface area contributed by atoms with Crippen molar-refractivity contribution in [1.82, 2.24) is 4.90 Å². The molecule has 1 aliphatic carbocycles. The first-order chi connectivity index (χ1) is 7.31. The van der Waals surface area contributed by atoms with Gasteiger partial charge in [-0.05, 0) is 38.1 Å². The van der Waals surface area contributed by atoms with E-state index in [1.807, 2.05) is 0 Å². The van der Waals surface area contributed by atoms with Crippen molar-refractivity contribution in [1.29, 1.82) is 0 Å². The second-order valence-electron chi connectivity index (χ2n) is 5.50. The van der Waals surface area contributed by atoms with E-state index in [4.69, 9.17) is 0 Å². The van der Waals surface area contributed by atoms with Crippen LogP contribution in [0, 0.1) is 5.92 Å². The van der Waals surface area contributed by atoms with Crippen LogP contribution in [0.15, 0.2) is 0 Å². The molecule has 0 amide bonds. The Bertz CT molecular complexity index is 195. The lowest BCUT2D eigenvalue weighted by atomic mass is 9.84. The SMILES string of the molecule is CC1CCCC(N2CCCCC2CO)C1. The Kier molecular flexibility index (Phi) is 4.04. The van der Waals surface area contributed by atoms with E-state index in [1.54, 1.807) is 0 Å². The summed E-state index contributed by atoms with van der Waals surface area (Å²) in [7, 11) is 0. The molecule has 2 rings (SSSR count). The molecule has 0 bridgehead atoms. The molecule has 1 aliphatic heterocycles. The second kappa shape index (κ2) is 5.31. The highest BCUT2D eigenvalue weighted by Crippen LogP contribution is 2.31. The molecule has 3 atom stereocenters. The molecule has 1 saturated heterocycles. The maximum atomic E-state index is 9.42. The van der Waals surface area contributed by atoms with Crippen molar-refractivity contribution in [3.8, 4) is 0 Å². The molecule has 0 aromatic carbocycles. The first-order valence-corrected chi connectivity index (χ1v) is 6.68. The minimum absolute atomic E-state index is 0.366. The van der Waals surface area contributed by atoms with Crippen LogP contribution < -0.4 is 0 Å². The van der Waals surface area contributed by atoms with Gasteiger partial charge in [-0.15, -0.1) is 0 Å². The van der Waals surface area contributed by atoms with Gasteiger partial charge in [-0.2, -0.15) is 0 Å². The number of aliphatic hydroxyl groups is 1. The summed E-state index contributed by atoms with van der Waals surface area (Å²) in [6.45, 7) is 3.97. The molecule has 88 valence electrons. The highest BCUT2D eigenvalue weighted by Gasteiger charge is 2.30. The van der Waals surface area contributed by atoms with Gasteiger partial charge in [-0.25, -0.2) is 0 Å². The number of rotatable bonds is 2. The lowest BCUT2D eigenvalue weighted by molar-refractivity contribution is 0.0303. The minimum Gasteiger partial charge on any atom is -0.395 e. The van der Waals surface area contributed by atoms with E-state index in [0.29, 0.717) is 12.6 Å². The van der Waals surface area contributed by atoms with Crippen LogP contribution in [0.4, 0.5) is 0 Å². The smallest absolute Gasteiger partial charge is 0.0586 e. The predicted octanol–water partition coefficient (Wildman–Crippen LogP) is 2.41. The van der Waals surface area contributed by atoms with Crippen LogP contribution in [0.5, 0.6) is 0 Å². The predicted molar refractivity (Wildman–Crippen MR) is 62.9 cm³/mol. The second-order valence-corrected chi connectivity index (χ2v) is 5.50. The summed E-state index contributed by atoms with van der Waals surface area (Å²) in [5.74, 6) is 0.894. The van der Waals surface area contributed by atoms with Crippen molar-refractivity contribution >= 4 is 0 Å². The molecule has 3 unspecified atom stereocenters. The van der Waals surface area contributed by atoms with Crippen molar-refractivity contribution < 1.29 is 5.11 Å². The Morgan fingerprint density at radius 3 is 2.73 bits per heavy atom. The highest BCUT2D eigenvalue weighted by atomic mass is 16.3. The van der Waals surface area contributed by atoms with E-state index in [-0.39, 0.29) is 0 Å². The summed E-state index contributed by atoms with van der Waals surface area (Å²) in [5, 5.41) is 9.42. The summed E-state index contributed by atoms with van der Waals surface area (Å²) < 4.78 is 0. The minimum atomic E-state index is 0.366. The van der Waals surface area contributed by atoms with E-state index in [9.17, 15) is 5.11 Å². The molecule has 15 heavy (non-hydrogen) atoms. The van der Waals surface area contributed by atoms with Gasteiger partial charge in [-0.1, -0.05) is 26.2 Å². The Hall–Kier alpha value is -0.0800. The molecule has 2 heteroatoms. The van der Waals surface area contributed by atoms with Crippen LogP contribution in [0.3, 0.4) is 0 Å². The summed E-state index contributed by atoms with van der Waals surface area (Å²) >= 11 is 0. The normalized spacial score (nSPS) is 39.2. The maximum absolute atomic E-state index is 9.42. The molecule has 1 saturated carbocycles. The van der Waals surface area contributed by atoms with Gasteiger partial charge in [0.15, 0.2) is 0 Å². The fourth-order valence-corrected chi connectivity index (χ4v) is 3.40. The van der Waals surface area contributed by atoms with Crippen LogP contribution >= 0.6 is 0 Å². The zero-order valence-electron chi connectivity index (χ0n) is 9.99. The summed E-state index contributed by atoms with van der Waals surface area (Å²) in [5.41, 5.74) is 0. The molecule has 0 radical (unpaired) electrons. The molecule has 2 aliphatic rings. The van der Waals surface area contributed by atoms with Gasteiger partial charge in [0, 0.05) is 12.1 Å². The molecular weight excluding hydrogens is 186 g/mol. The molecule has 2 fully saturated rings. The van der Waals surface area contributed by atoms with Gasteiger partial charge in [0.2, 0.25) is 0 Å². The largest absolute Gasteiger partial charge is 0.395 e. The molecule has 0 aromatic heterocycles. The van der Waals surface area contributed by atoms with Crippen molar-refractivity contribution in [3.63, 3.8) is 0 Å². The zero-order chi connectivity index (χ0) is 10.7. The van der Waals surface area contributed by atoms with Crippen LogP contribution in [0.2, 0.25) is 0 Å². The van der Waals surface area contributed by atoms with Crippen molar-refractivity contribution in [3.05, 3.63) is 0 Å². The lowest BCUT2D eigenvalue weighted by Gasteiger charge is -2.43. The quantitative estimate of drug-likeness (QED) is 0.758. The van der Waals surface area contributed by atoms with Gasteiger partial charge in [-0.3, -0.25) is 4.90 Å². The molecule has 0 spiro atoms. The van der Waals surface area contributed by atoms with Crippen LogP contribution in [0.25, 0.3) is 0 Å². The monoisotopic (exact) mass is 211 g/mol. The Labute approximate surface area is 93.7 Å². The van der Waals surface area contributed by atoms with Gasteiger partial charge in [0.25, 0.3) is 0 Å². The van der Waals surface area contributed by atoms with Crippen molar-refractivity contribution in [2.45, 2.75) is 64.0 Å². The van der Waals surface area contributed by atoms with Gasteiger partial charge < -0.3 is 5.11 Å². The summed E-state index contributed by atoms with van der Waals surface area (Å²) in [6, 6.07) is 1.24. The third-order valence-electron chi connectivity index (χ3n) is 4.26. The highest BCUT2D eigenvalue weighted by molar-refractivity contribution is 4.85.